The van der Waals surface area contributed by atoms with E-state index < -0.39 is 23.8 Å². The van der Waals surface area contributed by atoms with Crippen molar-refractivity contribution in [2.45, 2.75) is 39.1 Å². The lowest BCUT2D eigenvalue weighted by atomic mass is 10.0. The van der Waals surface area contributed by atoms with E-state index in [1.54, 1.807) is 55.2 Å². The molecule has 0 spiro atoms. The van der Waals surface area contributed by atoms with Gasteiger partial charge in [-0.15, -0.1) is 34.0 Å². The Morgan fingerprint density at radius 2 is 0.887 bits per heavy atom. The van der Waals surface area contributed by atoms with E-state index in [4.69, 9.17) is 83.5 Å². The van der Waals surface area contributed by atoms with Crippen LogP contribution in [0, 0.1) is 0 Å². The van der Waals surface area contributed by atoms with Crippen LogP contribution in [0.3, 0.4) is 0 Å². The van der Waals surface area contributed by atoms with Gasteiger partial charge in [-0.1, -0.05) is 119 Å². The molecule has 0 aliphatic carbocycles. The zero-order chi connectivity index (χ0) is 57.0. The number of anilines is 1. The number of ether oxygens (including phenoxy) is 3. The van der Waals surface area contributed by atoms with E-state index in [-0.39, 0.29) is 12.2 Å². The topological polar surface area (TPSA) is 222 Å². The Labute approximate surface area is 493 Å². The van der Waals surface area contributed by atoms with E-state index in [1.807, 2.05) is 142 Å². The van der Waals surface area contributed by atoms with E-state index in [0.717, 1.165) is 48.7 Å². The van der Waals surface area contributed by atoms with Crippen molar-refractivity contribution < 1.29 is 28.6 Å². The van der Waals surface area contributed by atoms with Crippen LogP contribution in [-0.4, -0.2) is 32.7 Å². The number of rotatable bonds is 16. The third kappa shape index (κ3) is 14.5. The molecule has 3 amide bonds. The number of nitrogens with two attached hydrogens (primary N) is 4. The fourth-order valence-electron chi connectivity index (χ4n) is 8.02. The normalized spacial score (nSPS) is 11.9. The summed E-state index contributed by atoms with van der Waals surface area (Å²) in [6.07, 6.45) is 7.50. The van der Waals surface area contributed by atoms with Crippen molar-refractivity contribution in [3.05, 3.63) is 228 Å². The number of hydrogen-bond acceptors (Lipinski definition) is 13. The first kappa shape index (κ1) is 58.4. The first-order valence-corrected chi connectivity index (χ1v) is 28.3. The van der Waals surface area contributed by atoms with Crippen LogP contribution < -0.4 is 37.1 Å². The molecule has 10 aromatic rings. The molecule has 10 rings (SSSR count). The van der Waals surface area contributed by atoms with Crippen LogP contribution in [0.15, 0.2) is 177 Å². The highest BCUT2D eigenvalue weighted by molar-refractivity contribution is 7.18. The van der Waals surface area contributed by atoms with Gasteiger partial charge in [-0.05, 0) is 105 Å². The largest absolute Gasteiger partial charge is 0.484 e. The highest BCUT2D eigenvalue weighted by Crippen LogP contribution is 2.43. The molecule has 6 heterocycles. The first-order valence-electron chi connectivity index (χ1n) is 24.3. The number of primary amides is 3. The van der Waals surface area contributed by atoms with E-state index >= 15 is 0 Å². The molecule has 0 bridgehead atoms. The molecular weight excluding hydrogens is 1150 g/mol. The Kier molecular flexibility index (Phi) is 19.6. The van der Waals surface area contributed by atoms with E-state index in [0.29, 0.717) is 68.2 Å². The minimum Gasteiger partial charge on any atom is -0.484 e. The van der Waals surface area contributed by atoms with Crippen molar-refractivity contribution in [1.29, 1.82) is 0 Å². The Bertz CT molecular complexity index is 3660. The first-order chi connectivity index (χ1) is 38.4. The van der Waals surface area contributed by atoms with Crippen LogP contribution >= 0.6 is 80.4 Å². The molecule has 80 heavy (non-hydrogen) atoms. The third-order valence-corrected chi connectivity index (χ3v) is 16.8. The predicted molar refractivity (Wildman–Crippen MR) is 325 cm³/mol. The molecule has 3 atom stereocenters. The minimum atomic E-state index is -0.583. The quantitative estimate of drug-likeness (QED) is 0.0716. The summed E-state index contributed by atoms with van der Waals surface area (Å²) in [4.78, 5) is 51.6. The molecule has 3 unspecified atom stereocenters. The van der Waals surface area contributed by atoms with Crippen LogP contribution in [0.2, 0.25) is 20.1 Å². The molecule has 0 aliphatic heterocycles. The maximum absolute atomic E-state index is 12.1. The van der Waals surface area contributed by atoms with Crippen molar-refractivity contribution >= 4 is 104 Å². The van der Waals surface area contributed by atoms with Crippen molar-refractivity contribution in [3.8, 4) is 59.7 Å². The second kappa shape index (κ2) is 26.9. The summed E-state index contributed by atoms with van der Waals surface area (Å²) in [5, 5.41) is 2.44. The summed E-state index contributed by atoms with van der Waals surface area (Å²) in [5.74, 6) is 0.0139. The standard InChI is InChI=1S/C24H19Cl2N3O2S.2C18H15ClN2O2S/c1-13(17-7-2-3-8-19(17)26)31-20-11-21(32-22(20)24(28)30)18-10-15(12-29-23(18)27)14-5-4-6-16(25)9-14;1-11(13-6-2-3-7-14(13)19)23-15-9-16(24-17(15)18(20)22)12-5-4-8-21-10-12;1-11(13-4-2-3-5-14(13)19)23-15-10-16(24-17(15)18(20)22)12-6-8-21-9-7-12/h2-13H,1H3,(H2,27,29)(H2,28,30);2*2-11H,1H3,(H2,20,22). The van der Waals surface area contributed by atoms with Gasteiger partial charge in [0, 0.05) is 99.1 Å². The summed E-state index contributed by atoms with van der Waals surface area (Å²) in [5.41, 5.74) is 29.6. The number of pyridine rings is 3. The summed E-state index contributed by atoms with van der Waals surface area (Å²) in [7, 11) is 0. The molecule has 20 heteroatoms. The summed E-state index contributed by atoms with van der Waals surface area (Å²) in [6.45, 7) is 5.63. The summed E-state index contributed by atoms with van der Waals surface area (Å²) >= 11 is 28.6. The number of carbonyl (C=O) groups excluding carboxylic acids is 3. The van der Waals surface area contributed by atoms with Gasteiger partial charge in [0.1, 0.15) is 56.0 Å². The zero-order valence-corrected chi connectivity index (χ0v) is 48.3. The number of thiophene rings is 3. The fourth-order valence-corrected chi connectivity index (χ4v) is 11.9. The molecule has 0 radical (unpaired) electrons. The molecule has 4 aromatic carbocycles. The van der Waals surface area contributed by atoms with Gasteiger partial charge in [-0.2, -0.15) is 0 Å². The second-order valence-electron chi connectivity index (χ2n) is 17.5. The maximum atomic E-state index is 12.1. The molecule has 0 fully saturated rings. The lowest BCUT2D eigenvalue weighted by Crippen LogP contribution is -2.12. The lowest BCUT2D eigenvalue weighted by Gasteiger charge is -2.16. The summed E-state index contributed by atoms with van der Waals surface area (Å²) < 4.78 is 18.1. The zero-order valence-electron chi connectivity index (χ0n) is 42.8. The molecule has 8 N–H and O–H groups in total. The number of nitrogen functional groups attached to an aromatic ring is 1. The number of hydrogen-bond donors (Lipinski definition) is 4. The number of nitrogens with zero attached hydrogens (tertiary/aromatic N) is 3. The van der Waals surface area contributed by atoms with Crippen molar-refractivity contribution in [1.82, 2.24) is 15.0 Å². The molecular formula is C60H49Cl4N7O6S3. The molecule has 0 saturated heterocycles. The van der Waals surface area contributed by atoms with Gasteiger partial charge in [0.25, 0.3) is 17.7 Å². The van der Waals surface area contributed by atoms with E-state index in [9.17, 15) is 14.4 Å². The Morgan fingerprint density at radius 3 is 1.32 bits per heavy atom. The van der Waals surface area contributed by atoms with Crippen LogP contribution in [0.5, 0.6) is 17.2 Å². The van der Waals surface area contributed by atoms with E-state index in [1.165, 1.54) is 34.0 Å². The predicted octanol–water partition coefficient (Wildman–Crippen LogP) is 16.0. The maximum Gasteiger partial charge on any atom is 0.262 e. The molecule has 0 saturated carbocycles. The number of halogens is 4. The number of amides is 3. The molecule has 0 aliphatic rings. The van der Waals surface area contributed by atoms with Gasteiger partial charge in [0.05, 0.1) is 0 Å². The Morgan fingerprint density at radius 1 is 0.450 bits per heavy atom. The lowest BCUT2D eigenvalue weighted by molar-refractivity contribution is 0.0989. The van der Waals surface area contributed by atoms with Gasteiger partial charge < -0.3 is 37.1 Å². The molecule has 13 nitrogen and oxygen atoms in total. The van der Waals surface area contributed by atoms with Crippen LogP contribution in [0.4, 0.5) is 5.82 Å². The van der Waals surface area contributed by atoms with Crippen molar-refractivity contribution in [2.75, 3.05) is 5.73 Å². The highest BCUT2D eigenvalue weighted by atomic mass is 35.5. The van der Waals surface area contributed by atoms with Crippen LogP contribution in [0.25, 0.3) is 42.4 Å². The average molecular weight is 1200 g/mol. The number of benzene rings is 4. The summed E-state index contributed by atoms with van der Waals surface area (Å²) in [6, 6.07) is 44.6. The minimum absolute atomic E-state index is 0.298. The highest BCUT2D eigenvalue weighted by Gasteiger charge is 2.24. The van der Waals surface area contributed by atoms with Gasteiger partial charge in [-0.3, -0.25) is 24.4 Å². The van der Waals surface area contributed by atoms with Crippen molar-refractivity contribution in [3.63, 3.8) is 0 Å². The number of aromatic nitrogens is 3. The fraction of sp³-hybridized carbons (Fsp3) is 0.100. The van der Waals surface area contributed by atoms with Crippen molar-refractivity contribution in [2.24, 2.45) is 17.2 Å². The van der Waals surface area contributed by atoms with Crippen LogP contribution in [0.1, 0.15) is 84.8 Å². The average Bonchev–Trinajstić information content (AvgIpc) is 4.22. The van der Waals surface area contributed by atoms with E-state index in [2.05, 4.69) is 15.0 Å². The Hall–Kier alpha value is -7.80. The Balaban J connectivity index is 0.000000160. The van der Waals surface area contributed by atoms with Gasteiger partial charge in [0.2, 0.25) is 0 Å². The van der Waals surface area contributed by atoms with Gasteiger partial charge >= 0.3 is 0 Å². The van der Waals surface area contributed by atoms with Crippen LogP contribution in [-0.2, 0) is 0 Å². The number of carbonyl (C=O) groups is 3. The monoisotopic (exact) mass is 1200 g/mol. The smallest absolute Gasteiger partial charge is 0.262 e. The molecule has 406 valence electrons. The van der Waals surface area contributed by atoms with Gasteiger partial charge in [-0.25, -0.2) is 4.98 Å². The second-order valence-corrected chi connectivity index (χ2v) is 22.3. The third-order valence-electron chi connectivity index (χ3n) is 12.0. The van der Waals surface area contributed by atoms with Gasteiger partial charge in [0.15, 0.2) is 0 Å². The SMILES string of the molecule is CC(Oc1cc(-c2cc(-c3cccc(Cl)c3)cnc2N)sc1C(N)=O)c1ccccc1Cl.CC(Oc1cc(-c2cccnc2)sc1C(N)=O)c1ccccc1Cl.CC(Oc1cc(-c2ccncc2)sc1C(N)=O)c1ccccc1Cl. The molecule has 6 aromatic heterocycles.